The highest BCUT2D eigenvalue weighted by molar-refractivity contribution is 8.20. The molecule has 0 aliphatic carbocycles. The number of nitrogens with zero attached hydrogens (tertiary/aromatic N) is 3. The first kappa shape index (κ1) is 20.2. The van der Waals surface area contributed by atoms with E-state index in [9.17, 15) is 4.79 Å². The Balaban J connectivity index is 1.63. The van der Waals surface area contributed by atoms with Gasteiger partial charge in [-0.2, -0.15) is 0 Å². The van der Waals surface area contributed by atoms with E-state index in [4.69, 9.17) is 16.6 Å². The molecule has 2 aliphatic rings. The molecule has 0 unspecified atom stereocenters. The number of carbonyl (C=O) groups excluding carboxylic acids is 1. The van der Waals surface area contributed by atoms with Crippen molar-refractivity contribution in [1.29, 1.82) is 0 Å². The highest BCUT2D eigenvalue weighted by Gasteiger charge is 2.40. The third kappa shape index (κ3) is 3.76. The molecule has 4 nitrogen and oxygen atoms in total. The van der Waals surface area contributed by atoms with Crippen molar-refractivity contribution in [3.63, 3.8) is 0 Å². The summed E-state index contributed by atoms with van der Waals surface area (Å²) in [6.07, 6.45) is 0. The standard InChI is InChI=1S/C24H18ClN3OS2/c1-15-7-5-10-18(13-15)28-22(29)21(23-27(2)19-11-3-4-12-20(19)30-23)31-24(28)26-17-9-6-8-16(25)14-17/h3-14H,1-2H3. The highest BCUT2D eigenvalue weighted by Crippen LogP contribution is 2.50. The summed E-state index contributed by atoms with van der Waals surface area (Å²) < 4.78 is 0. The van der Waals surface area contributed by atoms with Crippen LogP contribution in [0, 0.1) is 6.92 Å². The van der Waals surface area contributed by atoms with Gasteiger partial charge in [0.05, 0.1) is 22.1 Å². The van der Waals surface area contributed by atoms with Gasteiger partial charge in [0.15, 0.2) is 5.17 Å². The molecule has 154 valence electrons. The molecule has 7 heteroatoms. The van der Waals surface area contributed by atoms with E-state index in [0.717, 1.165) is 26.9 Å². The summed E-state index contributed by atoms with van der Waals surface area (Å²) in [6.45, 7) is 2.02. The van der Waals surface area contributed by atoms with Gasteiger partial charge in [0, 0.05) is 17.0 Å². The zero-order valence-electron chi connectivity index (χ0n) is 16.9. The minimum Gasteiger partial charge on any atom is -0.337 e. The van der Waals surface area contributed by atoms with Crippen LogP contribution in [0.2, 0.25) is 5.02 Å². The molecule has 0 saturated carbocycles. The lowest BCUT2D eigenvalue weighted by molar-refractivity contribution is -0.113. The van der Waals surface area contributed by atoms with Crippen molar-refractivity contribution < 1.29 is 4.79 Å². The van der Waals surface area contributed by atoms with Crippen LogP contribution in [0.4, 0.5) is 17.1 Å². The van der Waals surface area contributed by atoms with Crippen molar-refractivity contribution in [2.24, 2.45) is 4.99 Å². The maximum Gasteiger partial charge on any atom is 0.274 e. The molecule has 2 aliphatic heterocycles. The summed E-state index contributed by atoms with van der Waals surface area (Å²) in [7, 11) is 2.00. The van der Waals surface area contributed by atoms with E-state index in [-0.39, 0.29) is 5.91 Å². The number of anilines is 2. The van der Waals surface area contributed by atoms with Crippen LogP contribution in [0.1, 0.15) is 5.56 Å². The summed E-state index contributed by atoms with van der Waals surface area (Å²) in [5, 5.41) is 2.15. The number of para-hydroxylation sites is 1. The number of amidine groups is 1. The van der Waals surface area contributed by atoms with Gasteiger partial charge in [0.1, 0.15) is 4.91 Å². The number of aryl methyl sites for hydroxylation is 1. The third-order valence-electron chi connectivity index (χ3n) is 5.01. The quantitative estimate of drug-likeness (QED) is 0.390. The number of halogens is 1. The predicted molar refractivity (Wildman–Crippen MR) is 133 cm³/mol. The van der Waals surface area contributed by atoms with Gasteiger partial charge in [-0.15, -0.1) is 0 Å². The summed E-state index contributed by atoms with van der Waals surface area (Å²) >= 11 is 9.18. The number of hydrogen-bond acceptors (Lipinski definition) is 5. The Morgan fingerprint density at radius 1 is 0.935 bits per heavy atom. The van der Waals surface area contributed by atoms with Gasteiger partial charge in [-0.3, -0.25) is 9.69 Å². The molecule has 5 rings (SSSR count). The largest absolute Gasteiger partial charge is 0.337 e. The van der Waals surface area contributed by atoms with E-state index in [1.54, 1.807) is 22.7 Å². The molecule has 1 fully saturated rings. The minimum atomic E-state index is -0.0708. The van der Waals surface area contributed by atoms with Gasteiger partial charge in [0.2, 0.25) is 0 Å². The number of thioether (sulfide) groups is 2. The number of amides is 1. The van der Waals surface area contributed by atoms with Gasteiger partial charge in [0.25, 0.3) is 5.91 Å². The van der Waals surface area contributed by atoms with Gasteiger partial charge in [-0.05, 0) is 66.7 Å². The molecule has 3 aromatic rings. The molecule has 0 N–H and O–H groups in total. The lowest BCUT2D eigenvalue weighted by atomic mass is 10.2. The molecule has 3 aromatic carbocycles. The zero-order chi connectivity index (χ0) is 21.5. The second-order valence-electron chi connectivity index (χ2n) is 7.22. The second-order valence-corrected chi connectivity index (χ2v) is 9.66. The number of fused-ring (bicyclic) bond motifs is 1. The third-order valence-corrected chi connectivity index (χ3v) is 7.64. The Labute approximate surface area is 194 Å². The van der Waals surface area contributed by atoms with E-state index in [2.05, 4.69) is 17.0 Å². The monoisotopic (exact) mass is 463 g/mol. The molecule has 31 heavy (non-hydrogen) atoms. The fraction of sp³-hybridized carbons (Fsp3) is 0.0833. The molecule has 0 bridgehead atoms. The Morgan fingerprint density at radius 3 is 2.52 bits per heavy atom. The Kier molecular flexibility index (Phi) is 5.30. The van der Waals surface area contributed by atoms with Crippen molar-refractivity contribution in [3.05, 3.63) is 93.3 Å². The summed E-state index contributed by atoms with van der Waals surface area (Å²) in [5.74, 6) is -0.0708. The van der Waals surface area contributed by atoms with Crippen LogP contribution in [-0.2, 0) is 4.79 Å². The molecular formula is C24H18ClN3OS2. The van der Waals surface area contributed by atoms with Crippen LogP contribution < -0.4 is 9.80 Å². The van der Waals surface area contributed by atoms with Gasteiger partial charge >= 0.3 is 0 Å². The van der Waals surface area contributed by atoms with Crippen LogP contribution in [0.5, 0.6) is 0 Å². The first-order valence-corrected chi connectivity index (χ1v) is 11.7. The first-order valence-electron chi connectivity index (χ1n) is 9.69. The van der Waals surface area contributed by atoms with Crippen molar-refractivity contribution in [3.8, 4) is 0 Å². The number of hydrogen-bond donors (Lipinski definition) is 0. The van der Waals surface area contributed by atoms with Crippen LogP contribution in [-0.4, -0.2) is 18.1 Å². The van der Waals surface area contributed by atoms with Crippen molar-refractivity contribution in [2.75, 3.05) is 16.8 Å². The zero-order valence-corrected chi connectivity index (χ0v) is 19.3. The molecule has 1 amide bonds. The normalized spacial score (nSPS) is 19.5. The number of rotatable bonds is 2. The van der Waals surface area contributed by atoms with E-state index < -0.39 is 0 Å². The van der Waals surface area contributed by atoms with Crippen molar-refractivity contribution >= 4 is 63.3 Å². The van der Waals surface area contributed by atoms with Gasteiger partial charge in [-0.1, -0.05) is 53.7 Å². The number of benzene rings is 3. The maximum absolute atomic E-state index is 13.7. The molecule has 2 heterocycles. The van der Waals surface area contributed by atoms with Crippen LogP contribution in [0.25, 0.3) is 0 Å². The van der Waals surface area contributed by atoms with E-state index in [1.807, 2.05) is 68.6 Å². The minimum absolute atomic E-state index is 0.0708. The molecule has 0 radical (unpaired) electrons. The molecular weight excluding hydrogens is 446 g/mol. The van der Waals surface area contributed by atoms with Crippen molar-refractivity contribution in [2.45, 2.75) is 11.8 Å². The smallest absolute Gasteiger partial charge is 0.274 e. The van der Waals surface area contributed by atoms with Crippen molar-refractivity contribution in [1.82, 2.24) is 0 Å². The lowest BCUT2D eigenvalue weighted by Gasteiger charge is -2.17. The lowest BCUT2D eigenvalue weighted by Crippen LogP contribution is -2.29. The van der Waals surface area contributed by atoms with E-state index in [0.29, 0.717) is 20.8 Å². The summed E-state index contributed by atoms with van der Waals surface area (Å²) in [4.78, 5) is 24.0. The summed E-state index contributed by atoms with van der Waals surface area (Å²) in [6, 6.07) is 23.4. The fourth-order valence-corrected chi connectivity index (χ4v) is 6.06. The second kappa shape index (κ2) is 8.11. The topological polar surface area (TPSA) is 35.9 Å². The molecule has 0 spiro atoms. The Hall–Kier alpha value is -2.67. The van der Waals surface area contributed by atoms with E-state index in [1.165, 1.54) is 11.8 Å². The average molecular weight is 464 g/mol. The molecule has 1 saturated heterocycles. The van der Waals surface area contributed by atoms with Gasteiger partial charge < -0.3 is 4.90 Å². The first-order chi connectivity index (χ1) is 15.0. The Morgan fingerprint density at radius 2 is 1.74 bits per heavy atom. The van der Waals surface area contributed by atoms with E-state index >= 15 is 0 Å². The number of aliphatic imine (C=N–C) groups is 1. The van der Waals surface area contributed by atoms with Crippen LogP contribution in [0.3, 0.4) is 0 Å². The maximum atomic E-state index is 13.7. The molecule has 0 atom stereocenters. The van der Waals surface area contributed by atoms with Gasteiger partial charge in [-0.25, -0.2) is 4.99 Å². The number of carbonyl (C=O) groups is 1. The molecule has 0 aromatic heterocycles. The average Bonchev–Trinajstić information content (AvgIpc) is 3.25. The SMILES string of the molecule is Cc1cccc(N2C(=O)C(=C3Sc4ccccc4N3C)SC2=Nc2cccc(Cl)c2)c1. The van der Waals surface area contributed by atoms with Crippen LogP contribution in [0.15, 0.2) is 92.6 Å². The van der Waals surface area contributed by atoms with Crippen LogP contribution >= 0.6 is 35.1 Å². The highest BCUT2D eigenvalue weighted by atomic mass is 35.5. The predicted octanol–water partition coefficient (Wildman–Crippen LogP) is 6.83. The Bertz CT molecular complexity index is 1270. The fourth-order valence-electron chi connectivity index (χ4n) is 3.53. The summed E-state index contributed by atoms with van der Waals surface area (Å²) in [5.41, 5.74) is 3.70.